The van der Waals surface area contributed by atoms with Gasteiger partial charge >= 0.3 is 0 Å². The van der Waals surface area contributed by atoms with E-state index in [9.17, 15) is 0 Å². The maximum absolute atomic E-state index is 6.08. The highest BCUT2D eigenvalue weighted by Crippen LogP contribution is 2.16. The number of H-pyrrole nitrogens is 1. The third kappa shape index (κ3) is 2.68. The van der Waals surface area contributed by atoms with Crippen LogP contribution in [0, 0.1) is 0 Å². The topological polar surface area (TPSA) is 40.2 Å². The summed E-state index contributed by atoms with van der Waals surface area (Å²) in [6.07, 6.45) is 3.76. The minimum absolute atomic E-state index is 0.610. The van der Waals surface area contributed by atoms with E-state index >= 15 is 0 Å². The lowest BCUT2D eigenvalue weighted by Crippen LogP contribution is -2.05. The van der Waals surface area contributed by atoms with Crippen LogP contribution in [-0.2, 0) is 6.54 Å². The Morgan fingerprint density at radius 2 is 1.90 bits per heavy atom. The maximum Gasteiger partial charge on any atom is 0.0594 e. The van der Waals surface area contributed by atoms with Gasteiger partial charge in [0.1, 0.15) is 0 Å². The summed E-state index contributed by atoms with van der Waals surface area (Å²) in [7, 11) is 0. The maximum atomic E-state index is 6.08. The summed E-state index contributed by atoms with van der Waals surface area (Å²) < 4.78 is 0. The van der Waals surface area contributed by atoms with E-state index in [0.717, 1.165) is 27.1 Å². The molecular weight excluding hydrogens is 270 g/mol. The van der Waals surface area contributed by atoms with Gasteiger partial charge in [-0.1, -0.05) is 48.0 Å². The molecule has 0 aliphatic heterocycles. The van der Waals surface area contributed by atoms with E-state index in [4.69, 9.17) is 11.6 Å². The molecule has 0 amide bonds. The molecule has 3 rings (SSSR count). The van der Waals surface area contributed by atoms with Crippen molar-refractivity contribution in [1.29, 1.82) is 0 Å². The second-order valence-corrected chi connectivity index (χ2v) is 4.88. The van der Waals surface area contributed by atoms with E-state index < -0.39 is 0 Å². The van der Waals surface area contributed by atoms with Gasteiger partial charge in [0.25, 0.3) is 0 Å². The number of aromatic amines is 1. The van der Waals surface area contributed by atoms with Crippen molar-refractivity contribution in [3.63, 3.8) is 0 Å². The SMILES string of the molecule is Clc1ccccc1CN/N=C\c1c[nH]c2ccccc12. The summed E-state index contributed by atoms with van der Waals surface area (Å²) in [6.45, 7) is 0.610. The van der Waals surface area contributed by atoms with E-state index in [1.54, 1.807) is 0 Å². The molecule has 3 aromatic rings. The monoisotopic (exact) mass is 283 g/mol. The first-order chi connectivity index (χ1) is 9.84. The number of nitrogens with one attached hydrogen (secondary N) is 2. The molecule has 0 saturated carbocycles. The molecule has 100 valence electrons. The summed E-state index contributed by atoms with van der Waals surface area (Å²) in [5, 5.41) is 6.16. The number of nitrogens with zero attached hydrogens (tertiary/aromatic N) is 1. The van der Waals surface area contributed by atoms with Crippen LogP contribution in [0.4, 0.5) is 0 Å². The molecule has 0 aliphatic carbocycles. The molecule has 0 aliphatic rings. The molecule has 1 aromatic heterocycles. The molecule has 4 heteroatoms. The molecule has 0 radical (unpaired) electrons. The predicted molar refractivity (Wildman–Crippen MR) is 84.2 cm³/mol. The first-order valence-electron chi connectivity index (χ1n) is 6.40. The molecule has 0 spiro atoms. The number of halogens is 1. The zero-order valence-electron chi connectivity index (χ0n) is 10.8. The van der Waals surface area contributed by atoms with Gasteiger partial charge in [0.05, 0.1) is 12.8 Å². The van der Waals surface area contributed by atoms with E-state index in [1.165, 1.54) is 0 Å². The normalized spacial score (nSPS) is 11.2. The Labute approximate surface area is 122 Å². The summed E-state index contributed by atoms with van der Waals surface area (Å²) in [5.41, 5.74) is 6.22. The largest absolute Gasteiger partial charge is 0.361 e. The lowest BCUT2D eigenvalue weighted by atomic mass is 10.2. The van der Waals surface area contributed by atoms with E-state index in [0.29, 0.717) is 6.54 Å². The quantitative estimate of drug-likeness (QED) is 0.552. The average Bonchev–Trinajstić information content (AvgIpc) is 2.89. The first kappa shape index (κ1) is 12.8. The molecule has 2 N–H and O–H groups in total. The van der Waals surface area contributed by atoms with Crippen molar-refractivity contribution in [2.75, 3.05) is 0 Å². The third-order valence-corrected chi connectivity index (χ3v) is 3.51. The molecule has 3 nitrogen and oxygen atoms in total. The molecule has 0 bridgehead atoms. The van der Waals surface area contributed by atoms with Crippen molar-refractivity contribution >= 4 is 28.7 Å². The molecule has 20 heavy (non-hydrogen) atoms. The summed E-state index contributed by atoms with van der Waals surface area (Å²) in [5.74, 6) is 0. The molecule has 2 aromatic carbocycles. The highest BCUT2D eigenvalue weighted by Gasteiger charge is 1.99. The van der Waals surface area contributed by atoms with Gasteiger partial charge in [0, 0.05) is 27.7 Å². The molecule has 0 atom stereocenters. The van der Waals surface area contributed by atoms with Gasteiger partial charge in [-0.05, 0) is 17.7 Å². The zero-order valence-corrected chi connectivity index (χ0v) is 11.6. The Balaban J connectivity index is 1.68. The van der Waals surface area contributed by atoms with Crippen molar-refractivity contribution in [1.82, 2.24) is 10.4 Å². The average molecular weight is 284 g/mol. The van der Waals surface area contributed by atoms with Crippen LogP contribution in [0.5, 0.6) is 0 Å². The predicted octanol–water partition coefficient (Wildman–Crippen LogP) is 3.95. The lowest BCUT2D eigenvalue weighted by Gasteiger charge is -2.02. The summed E-state index contributed by atoms with van der Waals surface area (Å²) >= 11 is 6.08. The van der Waals surface area contributed by atoms with Crippen molar-refractivity contribution in [3.05, 3.63) is 70.9 Å². The van der Waals surface area contributed by atoms with Crippen LogP contribution in [0.2, 0.25) is 5.02 Å². The fraction of sp³-hybridized carbons (Fsp3) is 0.0625. The second-order valence-electron chi connectivity index (χ2n) is 4.47. The standard InChI is InChI=1S/C16H14ClN3/c17-15-7-3-1-5-12(15)10-19-20-11-13-9-18-16-8-4-2-6-14(13)16/h1-9,11,18-19H,10H2/b20-11-. The minimum Gasteiger partial charge on any atom is -0.361 e. The Bertz CT molecular complexity index is 746. The molecule has 0 unspecified atom stereocenters. The van der Waals surface area contributed by atoms with Crippen LogP contribution in [0.25, 0.3) is 10.9 Å². The second kappa shape index (κ2) is 5.80. The molecule has 1 heterocycles. The highest BCUT2D eigenvalue weighted by atomic mass is 35.5. The van der Waals surface area contributed by atoms with Crippen LogP contribution in [0.1, 0.15) is 11.1 Å². The number of aromatic nitrogens is 1. The smallest absolute Gasteiger partial charge is 0.0594 e. The lowest BCUT2D eigenvalue weighted by molar-refractivity contribution is 0.748. The number of benzene rings is 2. The van der Waals surface area contributed by atoms with Crippen molar-refractivity contribution in [2.45, 2.75) is 6.54 Å². The molecule has 0 fully saturated rings. The van der Waals surface area contributed by atoms with Gasteiger partial charge in [0.2, 0.25) is 0 Å². The number of para-hydroxylation sites is 1. The van der Waals surface area contributed by atoms with E-state index in [-0.39, 0.29) is 0 Å². The van der Waals surface area contributed by atoms with Crippen LogP contribution in [0.3, 0.4) is 0 Å². The van der Waals surface area contributed by atoms with Gasteiger partial charge < -0.3 is 10.4 Å². The van der Waals surface area contributed by atoms with Crippen LogP contribution >= 0.6 is 11.6 Å². The Morgan fingerprint density at radius 1 is 1.10 bits per heavy atom. The Morgan fingerprint density at radius 3 is 2.80 bits per heavy atom. The van der Waals surface area contributed by atoms with Crippen molar-refractivity contribution < 1.29 is 0 Å². The fourth-order valence-corrected chi connectivity index (χ4v) is 2.29. The number of rotatable bonds is 4. The Kier molecular flexibility index (Phi) is 3.70. The summed E-state index contributed by atoms with van der Waals surface area (Å²) in [4.78, 5) is 3.22. The van der Waals surface area contributed by atoms with Gasteiger partial charge in [0.15, 0.2) is 0 Å². The first-order valence-corrected chi connectivity index (χ1v) is 6.78. The number of hydrogen-bond donors (Lipinski definition) is 2. The number of hydrogen-bond acceptors (Lipinski definition) is 2. The molecular formula is C16H14ClN3. The van der Waals surface area contributed by atoms with Crippen molar-refractivity contribution in [3.8, 4) is 0 Å². The van der Waals surface area contributed by atoms with Gasteiger partial charge in [-0.25, -0.2) is 0 Å². The van der Waals surface area contributed by atoms with E-state index in [2.05, 4.69) is 21.6 Å². The van der Waals surface area contributed by atoms with Gasteiger partial charge in [-0.2, -0.15) is 5.10 Å². The summed E-state index contributed by atoms with van der Waals surface area (Å²) in [6, 6.07) is 15.9. The minimum atomic E-state index is 0.610. The zero-order chi connectivity index (χ0) is 13.8. The third-order valence-electron chi connectivity index (χ3n) is 3.14. The molecule has 0 saturated heterocycles. The van der Waals surface area contributed by atoms with Crippen LogP contribution in [0.15, 0.2) is 59.8 Å². The number of hydrazone groups is 1. The van der Waals surface area contributed by atoms with Gasteiger partial charge in [-0.3, -0.25) is 0 Å². The fourth-order valence-electron chi connectivity index (χ4n) is 2.09. The van der Waals surface area contributed by atoms with Crippen LogP contribution in [-0.4, -0.2) is 11.2 Å². The van der Waals surface area contributed by atoms with E-state index in [1.807, 2.05) is 54.9 Å². The highest BCUT2D eigenvalue weighted by molar-refractivity contribution is 6.31. The van der Waals surface area contributed by atoms with Gasteiger partial charge in [-0.15, -0.1) is 0 Å². The van der Waals surface area contributed by atoms with Crippen molar-refractivity contribution in [2.24, 2.45) is 5.10 Å². The number of fused-ring (bicyclic) bond motifs is 1. The van der Waals surface area contributed by atoms with Crippen LogP contribution < -0.4 is 5.43 Å². The Hall–Kier alpha value is -2.26.